The van der Waals surface area contributed by atoms with Gasteiger partial charge in [-0.2, -0.15) is 0 Å². The summed E-state index contributed by atoms with van der Waals surface area (Å²) in [5, 5.41) is 8.95. The lowest BCUT2D eigenvalue weighted by atomic mass is 10.1. The zero-order valence-electron chi connectivity index (χ0n) is 7.65. The van der Waals surface area contributed by atoms with Gasteiger partial charge >= 0.3 is 5.97 Å². The van der Waals surface area contributed by atoms with Crippen molar-refractivity contribution in [2.45, 2.75) is 24.3 Å². The number of carbonyl (C=O) groups is 1. The number of rotatable bonds is 1. The Labute approximate surface area is 87.1 Å². The van der Waals surface area contributed by atoms with Gasteiger partial charge in [0.2, 0.25) is 0 Å². The molecule has 1 N–H and O–H groups in total. The Morgan fingerprint density at radius 3 is 3.00 bits per heavy atom. The lowest BCUT2D eigenvalue weighted by Gasteiger charge is -2.06. The lowest BCUT2D eigenvalue weighted by molar-refractivity contribution is 0.0691. The molecule has 3 nitrogen and oxygen atoms in total. The molecule has 0 aliphatic carbocycles. The van der Waals surface area contributed by atoms with Crippen LogP contribution in [0.15, 0.2) is 17.0 Å². The normalized spacial score (nSPS) is 18.9. The maximum atomic E-state index is 10.9. The smallest absolute Gasteiger partial charge is 0.339 e. The Morgan fingerprint density at radius 2 is 2.36 bits per heavy atom. The van der Waals surface area contributed by atoms with Gasteiger partial charge in [-0.15, -0.1) is 12.6 Å². The molecule has 14 heavy (non-hydrogen) atoms. The first-order valence-electron chi connectivity index (χ1n) is 4.34. The number of ether oxygens (including phenoxy) is 1. The van der Waals surface area contributed by atoms with Gasteiger partial charge in [-0.3, -0.25) is 0 Å². The third-order valence-electron chi connectivity index (χ3n) is 2.21. The van der Waals surface area contributed by atoms with E-state index < -0.39 is 5.97 Å². The number of hydrogen-bond acceptors (Lipinski definition) is 3. The second-order valence-electron chi connectivity index (χ2n) is 3.42. The molecule has 1 aliphatic rings. The summed E-state index contributed by atoms with van der Waals surface area (Å²) in [6, 6.07) is 3.37. The molecule has 0 amide bonds. The van der Waals surface area contributed by atoms with E-state index in [4.69, 9.17) is 9.84 Å². The summed E-state index contributed by atoms with van der Waals surface area (Å²) in [4.78, 5) is 11.6. The number of carboxylic acid groups (broad SMARTS) is 1. The van der Waals surface area contributed by atoms with Crippen molar-refractivity contribution in [1.82, 2.24) is 0 Å². The minimum Gasteiger partial charge on any atom is -0.489 e. The van der Waals surface area contributed by atoms with Crippen molar-refractivity contribution in [3.63, 3.8) is 0 Å². The molecule has 0 bridgehead atoms. The fourth-order valence-electron chi connectivity index (χ4n) is 1.67. The fourth-order valence-corrected chi connectivity index (χ4v) is 1.96. The quantitative estimate of drug-likeness (QED) is 0.697. The predicted octanol–water partition coefficient (Wildman–Crippen LogP) is 2.00. The number of thiol groups is 1. The first-order valence-corrected chi connectivity index (χ1v) is 4.78. The number of hydrogen-bond donors (Lipinski definition) is 2. The SMILES string of the molecule is CC1Cc2cc(S)cc(C(=O)O)c2O1. The van der Waals surface area contributed by atoms with Gasteiger partial charge < -0.3 is 9.84 Å². The standard InChI is InChI=1S/C10H10O3S/c1-5-2-6-3-7(14)4-8(10(11)12)9(6)13-5/h3-5,14H,2H2,1H3,(H,11,12). The highest BCUT2D eigenvalue weighted by Crippen LogP contribution is 2.34. The Hall–Kier alpha value is -1.16. The molecule has 0 saturated carbocycles. The Bertz CT molecular complexity index is 401. The highest BCUT2D eigenvalue weighted by Gasteiger charge is 2.25. The zero-order chi connectivity index (χ0) is 10.3. The molecular formula is C10H10O3S. The van der Waals surface area contributed by atoms with E-state index in [1.807, 2.05) is 13.0 Å². The third kappa shape index (κ3) is 1.46. The summed E-state index contributed by atoms with van der Waals surface area (Å²) < 4.78 is 5.44. The van der Waals surface area contributed by atoms with Gasteiger partial charge in [0.25, 0.3) is 0 Å². The van der Waals surface area contributed by atoms with Crippen molar-refractivity contribution in [2.75, 3.05) is 0 Å². The average Bonchev–Trinajstić information content (AvgIpc) is 2.42. The minimum atomic E-state index is -0.966. The third-order valence-corrected chi connectivity index (χ3v) is 2.47. The average molecular weight is 210 g/mol. The molecule has 0 saturated heterocycles. The van der Waals surface area contributed by atoms with E-state index in [9.17, 15) is 4.79 Å². The Kier molecular flexibility index (Phi) is 2.15. The van der Waals surface area contributed by atoms with Gasteiger partial charge in [0.15, 0.2) is 0 Å². The number of benzene rings is 1. The molecule has 0 spiro atoms. The van der Waals surface area contributed by atoms with Crippen molar-refractivity contribution in [1.29, 1.82) is 0 Å². The predicted molar refractivity (Wildman–Crippen MR) is 54.4 cm³/mol. The van der Waals surface area contributed by atoms with Gasteiger partial charge in [-0.25, -0.2) is 4.79 Å². The van der Waals surface area contributed by atoms with E-state index in [1.165, 1.54) is 6.07 Å². The first-order chi connectivity index (χ1) is 6.58. The maximum absolute atomic E-state index is 10.9. The van der Waals surface area contributed by atoms with Crippen molar-refractivity contribution in [2.24, 2.45) is 0 Å². The molecule has 74 valence electrons. The van der Waals surface area contributed by atoms with Crippen LogP contribution < -0.4 is 4.74 Å². The van der Waals surface area contributed by atoms with Crippen LogP contribution in [0.1, 0.15) is 22.8 Å². The molecule has 1 aliphatic heterocycles. The van der Waals surface area contributed by atoms with E-state index in [0.717, 1.165) is 12.0 Å². The summed E-state index contributed by atoms with van der Waals surface area (Å²) >= 11 is 4.16. The largest absolute Gasteiger partial charge is 0.489 e. The number of aromatic carboxylic acids is 1. The number of fused-ring (bicyclic) bond motifs is 1. The molecule has 1 heterocycles. The van der Waals surface area contributed by atoms with Gasteiger partial charge in [0.1, 0.15) is 17.4 Å². The summed E-state index contributed by atoms with van der Waals surface area (Å²) in [5.74, 6) is -0.464. The molecule has 2 rings (SSSR count). The van der Waals surface area contributed by atoms with Crippen LogP contribution in [0, 0.1) is 0 Å². The van der Waals surface area contributed by atoms with Crippen molar-refractivity contribution in [3.05, 3.63) is 23.3 Å². The molecule has 1 atom stereocenters. The minimum absolute atomic E-state index is 0.0539. The van der Waals surface area contributed by atoms with Gasteiger partial charge in [0.05, 0.1) is 0 Å². The van der Waals surface area contributed by atoms with Crippen LogP contribution in [0.4, 0.5) is 0 Å². The van der Waals surface area contributed by atoms with Crippen LogP contribution in [0.5, 0.6) is 5.75 Å². The van der Waals surface area contributed by atoms with Crippen LogP contribution in [0.2, 0.25) is 0 Å². The maximum Gasteiger partial charge on any atom is 0.339 e. The van der Waals surface area contributed by atoms with Crippen molar-refractivity contribution >= 4 is 18.6 Å². The lowest BCUT2D eigenvalue weighted by Crippen LogP contribution is -2.07. The highest BCUT2D eigenvalue weighted by molar-refractivity contribution is 7.80. The summed E-state index contributed by atoms with van der Waals surface area (Å²) in [6.07, 6.45) is 0.808. The second-order valence-corrected chi connectivity index (χ2v) is 3.94. The number of carboxylic acids is 1. The molecule has 0 aromatic heterocycles. The van der Waals surface area contributed by atoms with Gasteiger partial charge in [-0.1, -0.05) is 0 Å². The van der Waals surface area contributed by atoms with Crippen LogP contribution in [0.3, 0.4) is 0 Å². The van der Waals surface area contributed by atoms with Gasteiger partial charge in [0, 0.05) is 11.3 Å². The Balaban J connectivity index is 2.57. The van der Waals surface area contributed by atoms with E-state index in [2.05, 4.69) is 12.6 Å². The van der Waals surface area contributed by atoms with Crippen molar-refractivity contribution in [3.8, 4) is 5.75 Å². The fraction of sp³-hybridized carbons (Fsp3) is 0.300. The van der Waals surface area contributed by atoms with Crippen LogP contribution in [-0.4, -0.2) is 17.2 Å². The van der Waals surface area contributed by atoms with Gasteiger partial charge in [-0.05, 0) is 24.6 Å². The second kappa shape index (κ2) is 3.20. The molecule has 1 unspecified atom stereocenters. The molecule has 0 fully saturated rings. The molecule has 1 aromatic carbocycles. The van der Waals surface area contributed by atoms with Crippen molar-refractivity contribution < 1.29 is 14.6 Å². The zero-order valence-corrected chi connectivity index (χ0v) is 8.54. The molecule has 4 heteroatoms. The summed E-state index contributed by atoms with van der Waals surface area (Å²) in [5.41, 5.74) is 1.14. The highest BCUT2D eigenvalue weighted by atomic mass is 32.1. The Morgan fingerprint density at radius 1 is 1.64 bits per heavy atom. The summed E-state index contributed by atoms with van der Waals surface area (Å²) in [6.45, 7) is 1.92. The molecule has 1 aromatic rings. The monoisotopic (exact) mass is 210 g/mol. The first kappa shape index (κ1) is 9.40. The van der Waals surface area contributed by atoms with Crippen LogP contribution in [-0.2, 0) is 6.42 Å². The van der Waals surface area contributed by atoms with E-state index in [0.29, 0.717) is 10.6 Å². The molecule has 0 radical (unpaired) electrons. The van der Waals surface area contributed by atoms with E-state index >= 15 is 0 Å². The topological polar surface area (TPSA) is 46.5 Å². The summed E-state index contributed by atoms with van der Waals surface area (Å²) in [7, 11) is 0. The van der Waals surface area contributed by atoms with Crippen LogP contribution >= 0.6 is 12.6 Å². The van der Waals surface area contributed by atoms with E-state index in [1.54, 1.807) is 0 Å². The van der Waals surface area contributed by atoms with E-state index in [-0.39, 0.29) is 11.7 Å². The molecular weight excluding hydrogens is 200 g/mol. The van der Waals surface area contributed by atoms with Crippen LogP contribution in [0.25, 0.3) is 0 Å².